The molecule has 1 saturated carbocycles. The molecule has 0 spiro atoms. The van der Waals surface area contributed by atoms with Gasteiger partial charge in [-0.1, -0.05) is 46.5 Å². The molecule has 0 radical (unpaired) electrons. The van der Waals surface area contributed by atoms with E-state index in [2.05, 4.69) is 45.1 Å². The molecule has 0 saturated heterocycles. The summed E-state index contributed by atoms with van der Waals surface area (Å²) in [5.41, 5.74) is 0.324. The van der Waals surface area contributed by atoms with Gasteiger partial charge in [0.2, 0.25) is 0 Å². The van der Waals surface area contributed by atoms with Crippen molar-refractivity contribution in [3.8, 4) is 0 Å². The van der Waals surface area contributed by atoms with Gasteiger partial charge in [0.05, 0.1) is 0 Å². The first-order chi connectivity index (χ1) is 9.62. The predicted octanol–water partition coefficient (Wildman–Crippen LogP) is 4.45. The summed E-state index contributed by atoms with van der Waals surface area (Å²) >= 11 is 0. The fourth-order valence-electron chi connectivity index (χ4n) is 4.34. The number of rotatable bonds is 8. The van der Waals surface area contributed by atoms with E-state index in [0.717, 1.165) is 12.5 Å². The molecular formula is C18H38N2. The number of hydrogen-bond donors (Lipinski definition) is 1. The Bertz CT molecular complexity index is 238. The lowest BCUT2D eigenvalue weighted by atomic mass is 9.74. The first-order valence-electron chi connectivity index (χ1n) is 9.03. The molecule has 0 amide bonds. The number of likely N-dealkylation sites (N-methyl/N-ethyl adjacent to an activating group) is 1. The zero-order chi connectivity index (χ0) is 15.0. The molecule has 2 nitrogen and oxygen atoms in total. The molecule has 0 aromatic rings. The number of hydrogen-bond acceptors (Lipinski definition) is 2. The van der Waals surface area contributed by atoms with Gasteiger partial charge in [0, 0.05) is 11.6 Å². The highest BCUT2D eigenvalue weighted by Gasteiger charge is 2.41. The van der Waals surface area contributed by atoms with Gasteiger partial charge < -0.3 is 10.2 Å². The molecule has 2 heteroatoms. The number of nitrogens with one attached hydrogen (secondary N) is 1. The second-order valence-corrected chi connectivity index (χ2v) is 6.89. The van der Waals surface area contributed by atoms with Crippen LogP contribution in [0, 0.1) is 5.92 Å². The molecule has 0 aromatic carbocycles. The lowest BCUT2D eigenvalue weighted by Crippen LogP contribution is -2.61. The molecule has 1 aliphatic carbocycles. The third kappa shape index (κ3) is 4.21. The molecule has 0 aliphatic heterocycles. The molecule has 0 aromatic heterocycles. The molecule has 0 bridgehead atoms. The van der Waals surface area contributed by atoms with Gasteiger partial charge in [-0.2, -0.15) is 0 Å². The van der Waals surface area contributed by atoms with Crippen LogP contribution >= 0.6 is 0 Å². The van der Waals surface area contributed by atoms with E-state index in [4.69, 9.17) is 0 Å². The maximum Gasteiger partial charge on any atom is 0.0353 e. The molecule has 1 N–H and O–H groups in total. The molecule has 1 atom stereocenters. The van der Waals surface area contributed by atoms with Gasteiger partial charge in [-0.05, 0) is 58.7 Å². The van der Waals surface area contributed by atoms with Crippen LogP contribution in [0.2, 0.25) is 0 Å². The Kier molecular flexibility index (Phi) is 8.13. The summed E-state index contributed by atoms with van der Waals surface area (Å²) < 4.78 is 0. The minimum Gasteiger partial charge on any atom is -0.312 e. The first kappa shape index (κ1) is 18.0. The summed E-state index contributed by atoms with van der Waals surface area (Å²) in [4.78, 5) is 2.51. The molecule has 1 rings (SSSR count). The Balaban J connectivity index is 2.94. The molecule has 20 heavy (non-hydrogen) atoms. The molecular weight excluding hydrogens is 244 g/mol. The Morgan fingerprint density at radius 2 is 1.55 bits per heavy atom. The minimum atomic E-state index is 0.324. The van der Waals surface area contributed by atoms with Crippen LogP contribution in [0.15, 0.2) is 0 Å². The van der Waals surface area contributed by atoms with Gasteiger partial charge in [-0.3, -0.25) is 0 Å². The van der Waals surface area contributed by atoms with E-state index in [1.165, 1.54) is 57.8 Å². The molecule has 120 valence electrons. The van der Waals surface area contributed by atoms with E-state index < -0.39 is 0 Å². The standard InChI is InChI=1S/C18H38N2/c1-6-15-19-17(16-13-11-9-10-12-14-16)18(7-2,8-3)20(4)5/h16-17,19H,6-15H2,1-5H3. The minimum absolute atomic E-state index is 0.324. The second-order valence-electron chi connectivity index (χ2n) is 6.89. The van der Waals surface area contributed by atoms with Crippen molar-refractivity contribution >= 4 is 0 Å². The van der Waals surface area contributed by atoms with Crippen molar-refractivity contribution in [1.29, 1.82) is 0 Å². The van der Waals surface area contributed by atoms with Crippen LogP contribution in [0.25, 0.3) is 0 Å². The van der Waals surface area contributed by atoms with Gasteiger partial charge in [0.1, 0.15) is 0 Å². The second kappa shape index (κ2) is 9.04. The zero-order valence-corrected chi connectivity index (χ0v) is 14.7. The van der Waals surface area contributed by atoms with Gasteiger partial charge in [-0.25, -0.2) is 0 Å². The van der Waals surface area contributed by atoms with Crippen LogP contribution in [0.1, 0.15) is 78.6 Å². The SMILES string of the molecule is CCCNC(C1CCCCCC1)C(CC)(CC)N(C)C. The molecule has 1 unspecified atom stereocenters. The van der Waals surface area contributed by atoms with Crippen molar-refractivity contribution in [3.63, 3.8) is 0 Å². The quantitative estimate of drug-likeness (QED) is 0.662. The van der Waals surface area contributed by atoms with Gasteiger partial charge in [-0.15, -0.1) is 0 Å². The van der Waals surface area contributed by atoms with Gasteiger partial charge in [0.15, 0.2) is 0 Å². The third-order valence-corrected chi connectivity index (χ3v) is 5.68. The van der Waals surface area contributed by atoms with E-state index in [1.807, 2.05) is 0 Å². The summed E-state index contributed by atoms with van der Waals surface area (Å²) in [7, 11) is 4.56. The summed E-state index contributed by atoms with van der Waals surface area (Å²) in [6, 6.07) is 0.658. The Hall–Kier alpha value is -0.0800. The maximum absolute atomic E-state index is 3.95. The molecule has 0 heterocycles. The van der Waals surface area contributed by atoms with Crippen molar-refractivity contribution in [1.82, 2.24) is 10.2 Å². The largest absolute Gasteiger partial charge is 0.312 e. The lowest BCUT2D eigenvalue weighted by molar-refractivity contribution is 0.0547. The van der Waals surface area contributed by atoms with Gasteiger partial charge >= 0.3 is 0 Å². The fraction of sp³-hybridized carbons (Fsp3) is 1.00. The predicted molar refractivity (Wildman–Crippen MR) is 90.3 cm³/mol. The maximum atomic E-state index is 3.95. The summed E-state index contributed by atoms with van der Waals surface area (Å²) in [6.45, 7) is 8.20. The van der Waals surface area contributed by atoms with E-state index in [9.17, 15) is 0 Å². The van der Waals surface area contributed by atoms with Crippen molar-refractivity contribution < 1.29 is 0 Å². The summed E-state index contributed by atoms with van der Waals surface area (Å²) in [5, 5.41) is 3.95. The monoisotopic (exact) mass is 282 g/mol. The highest BCUT2D eigenvalue weighted by Crippen LogP contribution is 2.36. The van der Waals surface area contributed by atoms with E-state index in [0.29, 0.717) is 11.6 Å². The third-order valence-electron chi connectivity index (χ3n) is 5.68. The zero-order valence-electron chi connectivity index (χ0n) is 14.7. The summed E-state index contributed by atoms with van der Waals surface area (Å²) in [6.07, 6.45) is 12.4. The topological polar surface area (TPSA) is 15.3 Å². The van der Waals surface area contributed by atoms with E-state index >= 15 is 0 Å². The highest BCUT2D eigenvalue weighted by atomic mass is 15.2. The van der Waals surface area contributed by atoms with E-state index in [1.54, 1.807) is 0 Å². The van der Waals surface area contributed by atoms with Crippen molar-refractivity contribution in [2.45, 2.75) is 90.1 Å². The molecule has 1 aliphatic rings. The van der Waals surface area contributed by atoms with Crippen molar-refractivity contribution in [2.24, 2.45) is 5.92 Å². The van der Waals surface area contributed by atoms with Gasteiger partial charge in [0.25, 0.3) is 0 Å². The Morgan fingerprint density at radius 1 is 1.00 bits per heavy atom. The van der Waals surface area contributed by atoms with Crippen LogP contribution in [0.5, 0.6) is 0 Å². The van der Waals surface area contributed by atoms with E-state index in [-0.39, 0.29) is 0 Å². The molecule has 1 fully saturated rings. The highest BCUT2D eigenvalue weighted by molar-refractivity contribution is 5.00. The Labute approximate surface area is 127 Å². The lowest BCUT2D eigenvalue weighted by Gasteiger charge is -2.49. The summed E-state index contributed by atoms with van der Waals surface area (Å²) in [5.74, 6) is 0.867. The van der Waals surface area contributed by atoms with Crippen molar-refractivity contribution in [2.75, 3.05) is 20.6 Å². The van der Waals surface area contributed by atoms with Crippen LogP contribution in [0.3, 0.4) is 0 Å². The van der Waals surface area contributed by atoms with Crippen LogP contribution in [0.4, 0.5) is 0 Å². The van der Waals surface area contributed by atoms with Crippen LogP contribution in [-0.4, -0.2) is 37.1 Å². The van der Waals surface area contributed by atoms with Crippen molar-refractivity contribution in [3.05, 3.63) is 0 Å². The number of nitrogens with zero attached hydrogens (tertiary/aromatic N) is 1. The average Bonchev–Trinajstić information content (AvgIpc) is 2.72. The van der Waals surface area contributed by atoms with Crippen LogP contribution in [-0.2, 0) is 0 Å². The van der Waals surface area contributed by atoms with Crippen LogP contribution < -0.4 is 5.32 Å². The first-order valence-corrected chi connectivity index (χ1v) is 9.03. The smallest absolute Gasteiger partial charge is 0.0353 e. The normalized spacial score (nSPS) is 20.1. The fourth-order valence-corrected chi connectivity index (χ4v) is 4.34. The Morgan fingerprint density at radius 3 is 1.95 bits per heavy atom. The average molecular weight is 283 g/mol.